The lowest BCUT2D eigenvalue weighted by Crippen LogP contribution is -2.28. The zero-order chi connectivity index (χ0) is 19.6. The molecular weight excluding hydrogens is 362 g/mol. The Balaban J connectivity index is 1.49. The van der Waals surface area contributed by atoms with Gasteiger partial charge in [0.25, 0.3) is 0 Å². The minimum absolute atomic E-state index is 0.671. The molecule has 0 aliphatic heterocycles. The third-order valence-corrected chi connectivity index (χ3v) is 5.93. The Morgan fingerprint density at radius 3 is 2.29 bits per heavy atom. The molecule has 0 bridgehead atoms. The first-order valence-electron chi connectivity index (χ1n) is 10.3. The highest BCUT2D eigenvalue weighted by Crippen LogP contribution is 2.30. The molecule has 3 aromatic rings. The van der Waals surface area contributed by atoms with E-state index in [0.717, 1.165) is 31.6 Å². The van der Waals surface area contributed by atoms with Crippen LogP contribution in [0.3, 0.4) is 0 Å². The number of rotatable bonds is 11. The smallest absolute Gasteiger partial charge is 0.180 e. The van der Waals surface area contributed by atoms with E-state index in [1.165, 1.54) is 41.8 Å². The summed E-state index contributed by atoms with van der Waals surface area (Å²) in [5, 5.41) is 0.671. The lowest BCUT2D eigenvalue weighted by Gasteiger charge is -2.21. The van der Waals surface area contributed by atoms with Gasteiger partial charge >= 0.3 is 0 Å². The van der Waals surface area contributed by atoms with Gasteiger partial charge in [-0.15, -0.1) is 11.3 Å². The molecule has 2 N–H and O–H groups in total. The van der Waals surface area contributed by atoms with E-state index < -0.39 is 0 Å². The van der Waals surface area contributed by atoms with Crippen LogP contribution in [0, 0.1) is 0 Å². The predicted molar refractivity (Wildman–Crippen MR) is 122 cm³/mol. The number of aromatic nitrogens is 1. The number of anilines is 1. The molecule has 0 saturated heterocycles. The van der Waals surface area contributed by atoms with Gasteiger partial charge in [-0.05, 0) is 50.8 Å². The molecule has 3 rings (SSSR count). The molecular formula is C24H31N3S. The van der Waals surface area contributed by atoms with Gasteiger partial charge in [0.05, 0.1) is 5.69 Å². The van der Waals surface area contributed by atoms with E-state index in [9.17, 15) is 0 Å². The van der Waals surface area contributed by atoms with Crippen LogP contribution in [0.4, 0.5) is 5.13 Å². The number of benzene rings is 2. The fourth-order valence-electron chi connectivity index (χ4n) is 3.57. The van der Waals surface area contributed by atoms with Crippen LogP contribution in [0.5, 0.6) is 0 Å². The summed E-state index contributed by atoms with van der Waals surface area (Å²) < 4.78 is 0. The lowest BCUT2D eigenvalue weighted by atomic mass is 10.1. The van der Waals surface area contributed by atoms with E-state index in [1.807, 2.05) is 6.07 Å². The van der Waals surface area contributed by atoms with Crippen LogP contribution in [-0.4, -0.2) is 29.5 Å². The van der Waals surface area contributed by atoms with Crippen LogP contribution < -0.4 is 5.73 Å². The minimum Gasteiger partial charge on any atom is -0.375 e. The SMILES string of the molecule is CCCN(CCCCc1sc(N)nc1-c1ccccc1)CCc1ccccc1. The molecule has 0 fully saturated rings. The van der Waals surface area contributed by atoms with Crippen molar-refractivity contribution >= 4 is 16.5 Å². The minimum atomic E-state index is 0.671. The monoisotopic (exact) mass is 393 g/mol. The highest BCUT2D eigenvalue weighted by molar-refractivity contribution is 7.15. The van der Waals surface area contributed by atoms with Crippen LogP contribution in [0.1, 0.15) is 36.6 Å². The zero-order valence-corrected chi connectivity index (χ0v) is 17.6. The molecule has 0 radical (unpaired) electrons. The third kappa shape index (κ3) is 6.18. The number of nitrogens with two attached hydrogens (primary N) is 1. The normalized spacial score (nSPS) is 11.2. The number of hydrogen-bond donors (Lipinski definition) is 1. The second-order valence-corrected chi connectivity index (χ2v) is 8.34. The summed E-state index contributed by atoms with van der Waals surface area (Å²) in [5.41, 5.74) is 9.66. The van der Waals surface area contributed by atoms with Crippen molar-refractivity contribution in [3.8, 4) is 11.3 Å². The number of nitrogens with zero attached hydrogens (tertiary/aromatic N) is 2. The van der Waals surface area contributed by atoms with Gasteiger partial charge in [-0.2, -0.15) is 0 Å². The Morgan fingerprint density at radius 1 is 0.857 bits per heavy atom. The molecule has 0 saturated carbocycles. The Hall–Kier alpha value is -2.17. The van der Waals surface area contributed by atoms with Crippen molar-refractivity contribution in [3.05, 3.63) is 71.1 Å². The van der Waals surface area contributed by atoms with E-state index in [4.69, 9.17) is 5.73 Å². The molecule has 0 aliphatic rings. The van der Waals surface area contributed by atoms with E-state index in [-0.39, 0.29) is 0 Å². The molecule has 0 unspecified atom stereocenters. The largest absolute Gasteiger partial charge is 0.375 e. The van der Waals surface area contributed by atoms with Gasteiger partial charge in [0.2, 0.25) is 0 Å². The van der Waals surface area contributed by atoms with Crippen LogP contribution >= 0.6 is 11.3 Å². The average Bonchev–Trinajstić information content (AvgIpc) is 3.11. The fourth-order valence-corrected chi connectivity index (χ4v) is 4.46. The highest BCUT2D eigenvalue weighted by Gasteiger charge is 2.12. The van der Waals surface area contributed by atoms with Gasteiger partial charge in [-0.25, -0.2) is 4.98 Å². The summed E-state index contributed by atoms with van der Waals surface area (Å²) in [6.45, 7) is 5.74. The molecule has 0 atom stereocenters. The van der Waals surface area contributed by atoms with Crippen LogP contribution in [0.25, 0.3) is 11.3 Å². The third-order valence-electron chi connectivity index (χ3n) is 4.99. The Kier molecular flexibility index (Phi) is 8.07. The Labute approximate surface area is 173 Å². The molecule has 1 heterocycles. The van der Waals surface area contributed by atoms with Gasteiger partial charge in [0.1, 0.15) is 0 Å². The van der Waals surface area contributed by atoms with E-state index in [0.29, 0.717) is 5.13 Å². The lowest BCUT2D eigenvalue weighted by molar-refractivity contribution is 0.272. The second kappa shape index (κ2) is 11.0. The van der Waals surface area contributed by atoms with Crippen LogP contribution in [0.15, 0.2) is 60.7 Å². The first kappa shape index (κ1) is 20.6. The summed E-state index contributed by atoms with van der Waals surface area (Å²) in [6.07, 6.45) is 5.77. The van der Waals surface area contributed by atoms with E-state index in [2.05, 4.69) is 71.4 Å². The summed E-state index contributed by atoms with van der Waals surface area (Å²) in [4.78, 5) is 8.49. The summed E-state index contributed by atoms with van der Waals surface area (Å²) in [6, 6.07) is 21.2. The quantitative estimate of drug-likeness (QED) is 0.427. The number of thiazole rings is 1. The van der Waals surface area contributed by atoms with Crippen molar-refractivity contribution in [2.75, 3.05) is 25.4 Å². The fraction of sp³-hybridized carbons (Fsp3) is 0.375. The topological polar surface area (TPSA) is 42.1 Å². The van der Waals surface area contributed by atoms with Crippen molar-refractivity contribution < 1.29 is 0 Å². The van der Waals surface area contributed by atoms with Gasteiger partial charge in [-0.1, -0.05) is 67.6 Å². The number of hydrogen-bond acceptors (Lipinski definition) is 4. The number of aryl methyl sites for hydroxylation is 1. The van der Waals surface area contributed by atoms with Gasteiger partial charge in [-0.3, -0.25) is 0 Å². The van der Waals surface area contributed by atoms with E-state index >= 15 is 0 Å². The van der Waals surface area contributed by atoms with Crippen molar-refractivity contribution in [2.24, 2.45) is 0 Å². The van der Waals surface area contributed by atoms with Crippen molar-refractivity contribution in [3.63, 3.8) is 0 Å². The summed E-state index contributed by atoms with van der Waals surface area (Å²) >= 11 is 1.64. The van der Waals surface area contributed by atoms with Crippen LogP contribution in [-0.2, 0) is 12.8 Å². The summed E-state index contributed by atoms with van der Waals surface area (Å²) in [5.74, 6) is 0. The molecule has 4 heteroatoms. The van der Waals surface area contributed by atoms with Crippen molar-refractivity contribution in [1.29, 1.82) is 0 Å². The maximum absolute atomic E-state index is 6.00. The van der Waals surface area contributed by atoms with Gasteiger partial charge in [0.15, 0.2) is 5.13 Å². The molecule has 0 aliphatic carbocycles. The molecule has 0 spiro atoms. The molecule has 28 heavy (non-hydrogen) atoms. The maximum Gasteiger partial charge on any atom is 0.180 e. The zero-order valence-electron chi connectivity index (χ0n) is 16.8. The second-order valence-electron chi connectivity index (χ2n) is 7.22. The molecule has 0 amide bonds. The molecule has 1 aromatic heterocycles. The number of unbranched alkanes of at least 4 members (excludes halogenated alkanes) is 1. The molecule has 3 nitrogen and oxygen atoms in total. The average molecular weight is 394 g/mol. The van der Waals surface area contributed by atoms with E-state index in [1.54, 1.807) is 11.3 Å². The van der Waals surface area contributed by atoms with Crippen LogP contribution in [0.2, 0.25) is 0 Å². The van der Waals surface area contributed by atoms with Crippen molar-refractivity contribution in [1.82, 2.24) is 9.88 Å². The summed E-state index contributed by atoms with van der Waals surface area (Å²) in [7, 11) is 0. The Morgan fingerprint density at radius 2 is 1.57 bits per heavy atom. The first-order valence-corrected chi connectivity index (χ1v) is 11.1. The molecule has 2 aromatic carbocycles. The van der Waals surface area contributed by atoms with Crippen molar-refractivity contribution in [2.45, 2.75) is 39.0 Å². The molecule has 148 valence electrons. The highest BCUT2D eigenvalue weighted by atomic mass is 32.1. The first-order chi connectivity index (χ1) is 13.8. The standard InChI is InChI=1S/C24H31N3S/c1-2-17-27(19-16-20-11-5-3-6-12-20)18-10-9-15-22-23(26-24(25)28-22)21-13-7-4-8-14-21/h3-8,11-14H,2,9-10,15-19H2,1H3,(H2,25,26). The predicted octanol–water partition coefficient (Wildman–Crippen LogP) is 5.67. The number of nitrogen functional groups attached to an aromatic ring is 1. The van der Waals surface area contributed by atoms with Gasteiger partial charge in [0, 0.05) is 17.0 Å². The maximum atomic E-state index is 6.00. The van der Waals surface area contributed by atoms with Gasteiger partial charge < -0.3 is 10.6 Å². The Bertz CT molecular complexity index is 814.